The van der Waals surface area contributed by atoms with E-state index in [0.717, 1.165) is 5.56 Å². The summed E-state index contributed by atoms with van der Waals surface area (Å²) < 4.78 is 39.9. The van der Waals surface area contributed by atoms with Gasteiger partial charge in [-0.1, -0.05) is 29.8 Å². The molecule has 1 aliphatic rings. The fourth-order valence-electron chi connectivity index (χ4n) is 2.86. The molecule has 1 aromatic carbocycles. The Hall–Kier alpha value is -1.48. The van der Waals surface area contributed by atoms with Crippen molar-refractivity contribution >= 4 is 16.2 Å². The third-order valence-corrected chi connectivity index (χ3v) is 5.66. The first-order chi connectivity index (χ1) is 11.7. The number of nitrogens with one attached hydrogen (secondary N) is 1. The molecule has 0 unspecified atom stereocenters. The smallest absolute Gasteiger partial charge is 0.307 e. The molecule has 0 aliphatic carbocycles. The van der Waals surface area contributed by atoms with Gasteiger partial charge in [0.25, 0.3) is 10.2 Å². The van der Waals surface area contributed by atoms with Crippen molar-refractivity contribution in [3.8, 4) is 0 Å². The average molecular weight is 370 g/mol. The van der Waals surface area contributed by atoms with E-state index < -0.39 is 22.2 Å². The average Bonchev–Trinajstić information content (AvgIpc) is 2.53. The Labute approximate surface area is 149 Å². The molecule has 3 atom stereocenters. The number of ether oxygens (including phenoxy) is 2. The number of carbonyl (C=O) groups is 1. The predicted octanol–water partition coefficient (Wildman–Crippen LogP) is 1.54. The van der Waals surface area contributed by atoms with Gasteiger partial charge in [-0.3, -0.25) is 4.79 Å². The molecule has 1 saturated heterocycles. The van der Waals surface area contributed by atoms with Gasteiger partial charge >= 0.3 is 5.97 Å². The lowest BCUT2D eigenvalue weighted by molar-refractivity contribution is -0.141. The van der Waals surface area contributed by atoms with E-state index in [-0.39, 0.29) is 31.7 Å². The van der Waals surface area contributed by atoms with Gasteiger partial charge < -0.3 is 9.47 Å². The fraction of sp³-hybridized carbons (Fsp3) is 0.588. The number of nitrogens with zero attached hydrogens (tertiary/aromatic N) is 1. The second kappa shape index (κ2) is 8.27. The molecule has 140 valence electrons. The van der Waals surface area contributed by atoms with Crippen molar-refractivity contribution in [3.05, 3.63) is 35.4 Å². The molecule has 1 fully saturated rings. The Kier molecular flexibility index (Phi) is 6.56. The number of carbonyl (C=O) groups excluding carboxylic acids is 1. The molecule has 2 rings (SSSR count). The van der Waals surface area contributed by atoms with Crippen molar-refractivity contribution in [1.82, 2.24) is 9.03 Å². The minimum atomic E-state index is -3.76. The third kappa shape index (κ3) is 5.50. The molecule has 0 bridgehead atoms. The van der Waals surface area contributed by atoms with Crippen LogP contribution in [0.25, 0.3) is 0 Å². The molecule has 25 heavy (non-hydrogen) atoms. The van der Waals surface area contributed by atoms with Crippen LogP contribution in [0.1, 0.15) is 37.4 Å². The van der Waals surface area contributed by atoms with E-state index >= 15 is 0 Å². The van der Waals surface area contributed by atoms with E-state index in [9.17, 15) is 13.2 Å². The maximum atomic E-state index is 12.8. The summed E-state index contributed by atoms with van der Waals surface area (Å²) in [5.74, 6) is -0.475. The van der Waals surface area contributed by atoms with Crippen LogP contribution in [0.4, 0.5) is 0 Å². The Morgan fingerprint density at radius 2 is 1.84 bits per heavy atom. The normalized spacial score (nSPS) is 23.2. The maximum absolute atomic E-state index is 12.8. The summed E-state index contributed by atoms with van der Waals surface area (Å²) in [6.07, 6.45) is -0.439. The Bertz CT molecular complexity index is 679. The number of benzene rings is 1. The first kappa shape index (κ1) is 19.8. The van der Waals surface area contributed by atoms with Crippen molar-refractivity contribution in [2.24, 2.45) is 0 Å². The van der Waals surface area contributed by atoms with Gasteiger partial charge in [0.05, 0.1) is 31.8 Å². The molecule has 0 saturated carbocycles. The van der Waals surface area contributed by atoms with Crippen molar-refractivity contribution in [2.45, 2.75) is 45.4 Å². The van der Waals surface area contributed by atoms with Gasteiger partial charge in [-0.2, -0.15) is 17.4 Å². The highest BCUT2D eigenvalue weighted by molar-refractivity contribution is 7.87. The van der Waals surface area contributed by atoms with Gasteiger partial charge in [0.15, 0.2) is 0 Å². The highest BCUT2D eigenvalue weighted by atomic mass is 32.2. The second-order valence-corrected chi connectivity index (χ2v) is 8.14. The summed E-state index contributed by atoms with van der Waals surface area (Å²) >= 11 is 0. The number of esters is 1. The molecule has 7 nitrogen and oxygen atoms in total. The van der Waals surface area contributed by atoms with E-state index in [1.54, 1.807) is 0 Å². The van der Waals surface area contributed by atoms with Crippen LogP contribution < -0.4 is 4.72 Å². The zero-order valence-corrected chi connectivity index (χ0v) is 15.9. The number of methoxy groups -OCH3 is 1. The summed E-state index contributed by atoms with van der Waals surface area (Å²) in [6.45, 7) is 6.17. The number of morpholine rings is 1. The van der Waals surface area contributed by atoms with Crippen molar-refractivity contribution in [2.75, 3.05) is 20.2 Å². The molecule has 0 aromatic heterocycles. The molecule has 0 amide bonds. The highest BCUT2D eigenvalue weighted by Gasteiger charge is 2.33. The topological polar surface area (TPSA) is 84.9 Å². The van der Waals surface area contributed by atoms with Crippen LogP contribution in [-0.2, 0) is 24.5 Å². The number of aryl methyl sites for hydroxylation is 1. The lowest BCUT2D eigenvalue weighted by Gasteiger charge is -2.35. The zero-order chi connectivity index (χ0) is 18.6. The summed E-state index contributed by atoms with van der Waals surface area (Å²) in [6, 6.07) is 6.71. The Morgan fingerprint density at radius 1 is 1.28 bits per heavy atom. The number of hydrogen-bond donors (Lipinski definition) is 1. The fourth-order valence-corrected chi connectivity index (χ4v) is 4.40. The van der Waals surface area contributed by atoms with Crippen molar-refractivity contribution < 1.29 is 22.7 Å². The monoisotopic (exact) mass is 370 g/mol. The summed E-state index contributed by atoms with van der Waals surface area (Å²) in [7, 11) is -2.48. The number of hydrogen-bond acceptors (Lipinski definition) is 5. The van der Waals surface area contributed by atoms with E-state index in [2.05, 4.69) is 4.72 Å². The summed E-state index contributed by atoms with van der Waals surface area (Å²) in [4.78, 5) is 11.7. The van der Waals surface area contributed by atoms with Gasteiger partial charge in [-0.25, -0.2) is 0 Å². The van der Waals surface area contributed by atoms with Gasteiger partial charge in [0, 0.05) is 13.1 Å². The molecular formula is C17H26N2O5S. The van der Waals surface area contributed by atoms with Gasteiger partial charge in [0.1, 0.15) is 0 Å². The van der Waals surface area contributed by atoms with Crippen LogP contribution in [0, 0.1) is 6.92 Å². The molecule has 1 heterocycles. The van der Waals surface area contributed by atoms with E-state index in [4.69, 9.17) is 9.47 Å². The first-order valence-electron chi connectivity index (χ1n) is 8.27. The minimum Gasteiger partial charge on any atom is -0.469 e. The standard InChI is InChI=1S/C17H26N2O5S/c1-12-5-7-15(8-6-12)16(9-17(20)23-4)18-25(21,22)19-10-13(2)24-14(3)11-19/h5-8,13-14,16,18H,9-11H2,1-4H3/t13-,14+,16-/m0/s1. The molecule has 1 N–H and O–H groups in total. The SMILES string of the molecule is COC(=O)C[C@H](NS(=O)(=O)N1C[C@@H](C)O[C@@H](C)C1)c1ccc(C)cc1. The van der Waals surface area contributed by atoms with E-state index in [0.29, 0.717) is 5.56 Å². The van der Waals surface area contributed by atoms with Crippen LogP contribution in [0.3, 0.4) is 0 Å². The Morgan fingerprint density at radius 3 is 2.36 bits per heavy atom. The lowest BCUT2D eigenvalue weighted by atomic mass is 10.0. The maximum Gasteiger partial charge on any atom is 0.307 e. The van der Waals surface area contributed by atoms with Crippen LogP contribution >= 0.6 is 0 Å². The Balaban J connectivity index is 2.22. The van der Waals surface area contributed by atoms with Crippen molar-refractivity contribution in [3.63, 3.8) is 0 Å². The predicted molar refractivity (Wildman–Crippen MR) is 94.2 cm³/mol. The molecule has 0 spiro atoms. The highest BCUT2D eigenvalue weighted by Crippen LogP contribution is 2.22. The minimum absolute atomic E-state index is 0.0752. The molecule has 8 heteroatoms. The molecular weight excluding hydrogens is 344 g/mol. The van der Waals surface area contributed by atoms with Gasteiger partial charge in [0.2, 0.25) is 0 Å². The van der Waals surface area contributed by atoms with Crippen LogP contribution in [0.2, 0.25) is 0 Å². The van der Waals surface area contributed by atoms with Crippen LogP contribution in [0.5, 0.6) is 0 Å². The number of rotatable bonds is 6. The molecule has 1 aliphatic heterocycles. The van der Waals surface area contributed by atoms with Gasteiger partial charge in [-0.15, -0.1) is 0 Å². The van der Waals surface area contributed by atoms with E-state index in [1.807, 2.05) is 45.0 Å². The van der Waals surface area contributed by atoms with Gasteiger partial charge in [-0.05, 0) is 26.3 Å². The van der Waals surface area contributed by atoms with Crippen LogP contribution in [0.15, 0.2) is 24.3 Å². The first-order valence-corrected chi connectivity index (χ1v) is 9.71. The van der Waals surface area contributed by atoms with Crippen LogP contribution in [-0.4, -0.2) is 51.1 Å². The second-order valence-electron chi connectivity index (χ2n) is 6.44. The third-order valence-electron chi connectivity index (χ3n) is 4.10. The summed E-state index contributed by atoms with van der Waals surface area (Å²) in [5.41, 5.74) is 1.77. The quantitative estimate of drug-likeness (QED) is 0.768. The zero-order valence-electron chi connectivity index (χ0n) is 15.1. The molecule has 1 aromatic rings. The lowest BCUT2D eigenvalue weighted by Crippen LogP contribution is -2.52. The van der Waals surface area contributed by atoms with E-state index in [1.165, 1.54) is 11.4 Å². The largest absolute Gasteiger partial charge is 0.469 e. The summed E-state index contributed by atoms with van der Waals surface area (Å²) in [5, 5.41) is 0. The van der Waals surface area contributed by atoms with Crippen molar-refractivity contribution in [1.29, 1.82) is 0 Å². The molecule has 0 radical (unpaired) electrons.